The number of carbonyl (C=O) groups is 2. The Morgan fingerprint density at radius 2 is 1.97 bits per heavy atom. The first-order valence-corrected chi connectivity index (χ1v) is 10.3. The first-order valence-electron chi connectivity index (χ1n) is 9.44. The van der Waals surface area contributed by atoms with Crippen molar-refractivity contribution in [3.63, 3.8) is 0 Å². The van der Waals surface area contributed by atoms with E-state index in [9.17, 15) is 9.59 Å². The highest BCUT2D eigenvalue weighted by molar-refractivity contribution is 7.98. The lowest BCUT2D eigenvalue weighted by molar-refractivity contribution is 0.0160. The molecule has 2 heterocycles. The average Bonchev–Trinajstić information content (AvgIpc) is 3.17. The van der Waals surface area contributed by atoms with Gasteiger partial charge in [0.15, 0.2) is 10.8 Å². The van der Waals surface area contributed by atoms with Crippen LogP contribution in [0.1, 0.15) is 40.8 Å². The van der Waals surface area contributed by atoms with E-state index in [-0.39, 0.29) is 18.9 Å². The molecule has 0 saturated carbocycles. The largest absolute Gasteiger partial charge is 0.486 e. The van der Waals surface area contributed by atoms with Gasteiger partial charge < -0.3 is 14.2 Å². The summed E-state index contributed by atoms with van der Waals surface area (Å²) in [6.45, 7) is 9.89. The minimum Gasteiger partial charge on any atom is -0.486 e. The number of hydrogen-bond donors (Lipinski definition) is 2. The van der Waals surface area contributed by atoms with Crippen LogP contribution in [0.4, 0.5) is 9.59 Å². The Labute approximate surface area is 179 Å². The van der Waals surface area contributed by atoms with Gasteiger partial charge in [0.05, 0.1) is 18.9 Å². The van der Waals surface area contributed by atoms with E-state index in [0.717, 1.165) is 11.9 Å². The second-order valence-corrected chi connectivity index (χ2v) is 6.96. The van der Waals surface area contributed by atoms with Gasteiger partial charge in [-0.1, -0.05) is 0 Å². The number of imide groups is 1. The molecular weight excluding hydrogens is 412 g/mol. The van der Waals surface area contributed by atoms with Crippen molar-refractivity contribution in [1.82, 2.24) is 29.8 Å². The SMILES string of the molecule is CCOC(=O)NC(=O)NSc1ncnc(-c2cnn(C(C)OCC)c2)c1OC(C)C. The molecule has 0 aliphatic rings. The Morgan fingerprint density at radius 3 is 2.63 bits per heavy atom. The summed E-state index contributed by atoms with van der Waals surface area (Å²) in [7, 11) is 0. The van der Waals surface area contributed by atoms with E-state index in [1.807, 2.05) is 33.0 Å². The summed E-state index contributed by atoms with van der Waals surface area (Å²) in [6, 6.07) is -0.743. The number of nitrogens with zero attached hydrogens (tertiary/aromatic N) is 4. The number of hydrogen-bond acceptors (Lipinski definition) is 9. The first kappa shape index (κ1) is 23.4. The number of nitrogens with one attached hydrogen (secondary N) is 2. The van der Waals surface area contributed by atoms with Gasteiger partial charge in [0, 0.05) is 30.3 Å². The van der Waals surface area contributed by atoms with E-state index < -0.39 is 12.1 Å². The van der Waals surface area contributed by atoms with Crippen molar-refractivity contribution in [2.24, 2.45) is 0 Å². The number of carbonyl (C=O) groups excluding carboxylic acids is 2. The van der Waals surface area contributed by atoms with E-state index in [0.29, 0.717) is 28.6 Å². The number of amides is 3. The molecule has 164 valence electrons. The molecule has 12 heteroatoms. The van der Waals surface area contributed by atoms with Crippen molar-refractivity contribution < 1.29 is 23.8 Å². The van der Waals surface area contributed by atoms with Gasteiger partial charge in [0.1, 0.15) is 18.2 Å². The fraction of sp³-hybridized carbons (Fsp3) is 0.500. The normalized spacial score (nSPS) is 11.8. The molecule has 1 unspecified atom stereocenters. The monoisotopic (exact) mass is 438 g/mol. The third-order valence-corrected chi connectivity index (χ3v) is 4.28. The van der Waals surface area contributed by atoms with E-state index >= 15 is 0 Å². The second-order valence-electron chi connectivity index (χ2n) is 6.17. The van der Waals surface area contributed by atoms with Crippen LogP contribution in [-0.4, -0.2) is 51.2 Å². The van der Waals surface area contributed by atoms with Crippen molar-refractivity contribution in [3.8, 4) is 17.0 Å². The van der Waals surface area contributed by atoms with E-state index in [4.69, 9.17) is 9.47 Å². The zero-order valence-electron chi connectivity index (χ0n) is 17.5. The molecule has 2 aromatic rings. The standard InChI is InChI=1S/C18H26N6O5S/c1-6-27-12(5)24-9-13(8-21-24)14-15(29-11(3)4)16(20-10-19-14)30-23-17(25)22-18(26)28-7-2/h8-12H,6-7H2,1-5H3,(H2,22,23,25,26). The Morgan fingerprint density at radius 1 is 1.20 bits per heavy atom. The van der Waals surface area contributed by atoms with Crippen LogP contribution in [0.15, 0.2) is 23.7 Å². The summed E-state index contributed by atoms with van der Waals surface area (Å²) in [5.74, 6) is 0.387. The maximum absolute atomic E-state index is 11.9. The minimum absolute atomic E-state index is 0.156. The Kier molecular flexibility index (Phi) is 8.87. The molecule has 0 bridgehead atoms. The molecule has 2 N–H and O–H groups in total. The molecule has 3 amide bonds. The van der Waals surface area contributed by atoms with Gasteiger partial charge in [-0.25, -0.2) is 29.6 Å². The molecule has 30 heavy (non-hydrogen) atoms. The van der Waals surface area contributed by atoms with Crippen molar-refractivity contribution in [2.45, 2.75) is 52.0 Å². The van der Waals surface area contributed by atoms with Gasteiger partial charge >= 0.3 is 12.1 Å². The zero-order chi connectivity index (χ0) is 22.1. The Balaban J connectivity index is 2.24. The van der Waals surface area contributed by atoms with Crippen LogP contribution in [0.3, 0.4) is 0 Å². The highest BCUT2D eigenvalue weighted by atomic mass is 32.2. The van der Waals surface area contributed by atoms with Crippen molar-refractivity contribution in [1.29, 1.82) is 0 Å². The van der Waals surface area contributed by atoms with Crippen LogP contribution in [0.2, 0.25) is 0 Å². The average molecular weight is 439 g/mol. The quantitative estimate of drug-likeness (QED) is 0.448. The smallest absolute Gasteiger partial charge is 0.415 e. The number of ether oxygens (including phenoxy) is 3. The summed E-state index contributed by atoms with van der Waals surface area (Å²) >= 11 is 0.889. The van der Waals surface area contributed by atoms with Crippen LogP contribution >= 0.6 is 11.9 Å². The molecule has 0 spiro atoms. The molecule has 2 aromatic heterocycles. The Bertz CT molecular complexity index is 859. The lowest BCUT2D eigenvalue weighted by Gasteiger charge is -2.16. The molecule has 0 radical (unpaired) electrons. The summed E-state index contributed by atoms with van der Waals surface area (Å²) in [6.07, 6.45) is 3.57. The predicted molar refractivity (Wildman–Crippen MR) is 110 cm³/mol. The fourth-order valence-corrected chi connectivity index (χ4v) is 2.91. The van der Waals surface area contributed by atoms with E-state index in [2.05, 4.69) is 24.5 Å². The summed E-state index contributed by atoms with van der Waals surface area (Å²) in [4.78, 5) is 31.7. The predicted octanol–water partition coefficient (Wildman–Crippen LogP) is 3.15. The fourth-order valence-electron chi connectivity index (χ4n) is 2.33. The van der Waals surface area contributed by atoms with Gasteiger partial charge in [-0.3, -0.25) is 4.72 Å². The maximum Gasteiger partial charge on any atom is 0.415 e. The number of urea groups is 1. The second kappa shape index (κ2) is 11.4. The van der Waals surface area contributed by atoms with Gasteiger partial charge in [0.25, 0.3) is 0 Å². The van der Waals surface area contributed by atoms with Gasteiger partial charge in [0.2, 0.25) is 0 Å². The van der Waals surface area contributed by atoms with Crippen LogP contribution in [-0.2, 0) is 9.47 Å². The molecule has 0 fully saturated rings. The van der Waals surface area contributed by atoms with E-state index in [1.54, 1.807) is 24.0 Å². The molecule has 0 aromatic carbocycles. The van der Waals surface area contributed by atoms with Gasteiger partial charge in [-0.2, -0.15) is 5.10 Å². The molecule has 1 atom stereocenters. The summed E-state index contributed by atoms with van der Waals surface area (Å²) in [5.41, 5.74) is 1.22. The third-order valence-electron chi connectivity index (χ3n) is 3.51. The molecule has 0 saturated heterocycles. The van der Waals surface area contributed by atoms with Crippen molar-refractivity contribution in [2.75, 3.05) is 13.2 Å². The zero-order valence-corrected chi connectivity index (χ0v) is 18.4. The van der Waals surface area contributed by atoms with Gasteiger partial charge in [-0.05, 0) is 34.6 Å². The van der Waals surface area contributed by atoms with Crippen LogP contribution < -0.4 is 14.8 Å². The highest BCUT2D eigenvalue weighted by Crippen LogP contribution is 2.35. The van der Waals surface area contributed by atoms with Crippen LogP contribution in [0.5, 0.6) is 5.75 Å². The van der Waals surface area contributed by atoms with Crippen LogP contribution in [0.25, 0.3) is 11.3 Å². The topological polar surface area (TPSA) is 129 Å². The number of rotatable bonds is 9. The first-order chi connectivity index (χ1) is 14.3. The summed E-state index contributed by atoms with van der Waals surface area (Å²) in [5, 5.41) is 6.74. The lowest BCUT2D eigenvalue weighted by Crippen LogP contribution is -2.36. The van der Waals surface area contributed by atoms with E-state index in [1.165, 1.54) is 6.33 Å². The Hall–Kier alpha value is -2.86. The maximum atomic E-state index is 11.9. The molecule has 0 aliphatic heterocycles. The molecule has 2 rings (SSSR count). The summed E-state index contributed by atoms with van der Waals surface area (Å²) < 4.78 is 20.3. The molecule has 11 nitrogen and oxygen atoms in total. The van der Waals surface area contributed by atoms with Crippen molar-refractivity contribution >= 4 is 24.1 Å². The molecule has 0 aliphatic carbocycles. The lowest BCUT2D eigenvalue weighted by atomic mass is 10.2. The third kappa shape index (κ3) is 6.59. The van der Waals surface area contributed by atoms with Crippen LogP contribution in [0, 0.1) is 0 Å². The van der Waals surface area contributed by atoms with Gasteiger partial charge in [-0.15, -0.1) is 0 Å². The number of aromatic nitrogens is 4. The van der Waals surface area contributed by atoms with Crippen molar-refractivity contribution in [3.05, 3.63) is 18.7 Å². The number of alkyl carbamates (subject to hydrolysis) is 1. The molecular formula is C18H26N6O5S. The highest BCUT2D eigenvalue weighted by Gasteiger charge is 2.20. The minimum atomic E-state index is -0.839.